The summed E-state index contributed by atoms with van der Waals surface area (Å²) in [6, 6.07) is 16.4. The fourth-order valence-corrected chi connectivity index (χ4v) is 2.81. The molecule has 3 rings (SSSR count). The van der Waals surface area contributed by atoms with Crippen LogP contribution in [0.25, 0.3) is 11.1 Å². The zero-order valence-corrected chi connectivity index (χ0v) is 12.8. The molecule has 0 unspecified atom stereocenters. The Morgan fingerprint density at radius 3 is 2.55 bits per heavy atom. The van der Waals surface area contributed by atoms with Crippen molar-refractivity contribution in [1.29, 1.82) is 0 Å². The molecule has 2 aromatic carbocycles. The van der Waals surface area contributed by atoms with Crippen molar-refractivity contribution in [2.24, 2.45) is 0 Å². The van der Waals surface area contributed by atoms with E-state index in [1.54, 1.807) is 12.1 Å². The number of piperidine rings is 1. The molecule has 1 aliphatic rings. The summed E-state index contributed by atoms with van der Waals surface area (Å²) in [6.45, 7) is 4.08. The maximum absolute atomic E-state index is 9.36. The molecule has 3 heteroatoms. The first-order valence-electron chi connectivity index (χ1n) is 7.98. The van der Waals surface area contributed by atoms with E-state index in [9.17, 15) is 5.11 Å². The third-order valence-electron chi connectivity index (χ3n) is 4.06. The SMILES string of the molecule is Oc1ccc(-c2[c]c(OCCN3CCCCC3)ccc2)cc1. The van der Waals surface area contributed by atoms with E-state index in [-0.39, 0.29) is 5.75 Å². The first-order valence-corrected chi connectivity index (χ1v) is 7.98. The summed E-state index contributed by atoms with van der Waals surface area (Å²) >= 11 is 0. The molecule has 115 valence electrons. The summed E-state index contributed by atoms with van der Waals surface area (Å²) in [5, 5.41) is 9.36. The highest BCUT2D eigenvalue weighted by Crippen LogP contribution is 2.24. The van der Waals surface area contributed by atoms with Crippen LogP contribution in [-0.4, -0.2) is 36.2 Å². The molecule has 1 aliphatic heterocycles. The third kappa shape index (κ3) is 4.01. The van der Waals surface area contributed by atoms with Crippen molar-refractivity contribution in [3.05, 3.63) is 48.5 Å². The fourth-order valence-electron chi connectivity index (χ4n) is 2.81. The van der Waals surface area contributed by atoms with Crippen LogP contribution in [0.15, 0.2) is 42.5 Å². The second-order valence-electron chi connectivity index (χ2n) is 5.73. The van der Waals surface area contributed by atoms with Crippen molar-refractivity contribution in [2.75, 3.05) is 26.2 Å². The summed E-state index contributed by atoms with van der Waals surface area (Å²) in [5.41, 5.74) is 2.01. The van der Waals surface area contributed by atoms with Gasteiger partial charge in [-0.15, -0.1) is 0 Å². The molecule has 0 aromatic heterocycles. The molecular weight excluding hydrogens is 274 g/mol. The normalized spacial score (nSPS) is 15.6. The van der Waals surface area contributed by atoms with Gasteiger partial charge in [0.05, 0.1) is 0 Å². The van der Waals surface area contributed by atoms with Gasteiger partial charge in [-0.05, 0) is 55.3 Å². The molecule has 1 N–H and O–H groups in total. The van der Waals surface area contributed by atoms with Gasteiger partial charge >= 0.3 is 0 Å². The van der Waals surface area contributed by atoms with Crippen molar-refractivity contribution < 1.29 is 9.84 Å². The first-order chi connectivity index (χ1) is 10.8. The topological polar surface area (TPSA) is 32.7 Å². The summed E-state index contributed by atoms with van der Waals surface area (Å²) < 4.78 is 5.85. The van der Waals surface area contributed by atoms with E-state index in [0.29, 0.717) is 6.61 Å². The van der Waals surface area contributed by atoms with Crippen LogP contribution in [-0.2, 0) is 0 Å². The zero-order valence-electron chi connectivity index (χ0n) is 12.8. The van der Waals surface area contributed by atoms with Crippen LogP contribution in [0.2, 0.25) is 0 Å². The van der Waals surface area contributed by atoms with Crippen LogP contribution < -0.4 is 4.74 Å². The Morgan fingerprint density at radius 1 is 1.00 bits per heavy atom. The smallest absolute Gasteiger partial charge is 0.127 e. The number of phenols is 1. The highest BCUT2D eigenvalue weighted by Gasteiger charge is 2.09. The Bertz CT molecular complexity index is 589. The van der Waals surface area contributed by atoms with Crippen LogP contribution in [0.5, 0.6) is 11.5 Å². The zero-order chi connectivity index (χ0) is 15.2. The summed E-state index contributed by atoms with van der Waals surface area (Å²) in [4.78, 5) is 2.47. The lowest BCUT2D eigenvalue weighted by Crippen LogP contribution is -2.33. The molecule has 0 aliphatic carbocycles. The van der Waals surface area contributed by atoms with Crippen molar-refractivity contribution >= 4 is 0 Å². The molecule has 1 heterocycles. The second-order valence-corrected chi connectivity index (χ2v) is 5.73. The summed E-state index contributed by atoms with van der Waals surface area (Å²) in [7, 11) is 0. The molecular formula is C19H22NO2. The first kappa shape index (κ1) is 14.9. The van der Waals surface area contributed by atoms with Crippen molar-refractivity contribution in [2.45, 2.75) is 19.3 Å². The van der Waals surface area contributed by atoms with Gasteiger partial charge in [0.15, 0.2) is 0 Å². The maximum atomic E-state index is 9.36. The lowest BCUT2D eigenvalue weighted by Gasteiger charge is -2.26. The van der Waals surface area contributed by atoms with Gasteiger partial charge in [0.2, 0.25) is 0 Å². The number of benzene rings is 2. The highest BCUT2D eigenvalue weighted by molar-refractivity contribution is 5.64. The Balaban J connectivity index is 1.57. The molecule has 1 fully saturated rings. The van der Waals surface area contributed by atoms with E-state index in [1.807, 2.05) is 30.3 Å². The average molecular weight is 296 g/mol. The van der Waals surface area contributed by atoms with Crippen molar-refractivity contribution in [3.63, 3.8) is 0 Å². The molecule has 0 spiro atoms. The van der Waals surface area contributed by atoms with Crippen LogP contribution in [0.4, 0.5) is 0 Å². The third-order valence-corrected chi connectivity index (χ3v) is 4.06. The van der Waals surface area contributed by atoms with Gasteiger partial charge in [-0.2, -0.15) is 0 Å². The molecule has 1 radical (unpaired) electrons. The summed E-state index contributed by atoms with van der Waals surface area (Å²) in [6.07, 6.45) is 3.98. The largest absolute Gasteiger partial charge is 0.508 e. The molecule has 3 nitrogen and oxygen atoms in total. The predicted molar refractivity (Wildman–Crippen MR) is 88.2 cm³/mol. The van der Waals surface area contributed by atoms with E-state index in [0.717, 1.165) is 23.4 Å². The van der Waals surface area contributed by atoms with E-state index >= 15 is 0 Å². The van der Waals surface area contributed by atoms with Crippen LogP contribution in [0.3, 0.4) is 0 Å². The Morgan fingerprint density at radius 2 is 1.77 bits per heavy atom. The van der Waals surface area contributed by atoms with Gasteiger partial charge in [0, 0.05) is 12.6 Å². The number of aromatic hydroxyl groups is 1. The number of ether oxygens (including phenoxy) is 1. The van der Waals surface area contributed by atoms with Gasteiger partial charge in [0.25, 0.3) is 0 Å². The number of likely N-dealkylation sites (tertiary alicyclic amines) is 1. The predicted octanol–water partition coefficient (Wildman–Crippen LogP) is 3.72. The van der Waals surface area contributed by atoms with Crippen LogP contribution >= 0.6 is 0 Å². The number of hydrogen-bond donors (Lipinski definition) is 1. The van der Waals surface area contributed by atoms with E-state index < -0.39 is 0 Å². The second kappa shape index (κ2) is 7.32. The van der Waals surface area contributed by atoms with Gasteiger partial charge in [-0.3, -0.25) is 4.90 Å². The number of phenolic OH excluding ortho intramolecular Hbond substituents is 1. The van der Waals surface area contributed by atoms with E-state index in [1.165, 1.54) is 32.4 Å². The number of nitrogens with zero attached hydrogens (tertiary/aromatic N) is 1. The van der Waals surface area contributed by atoms with Gasteiger partial charge < -0.3 is 9.84 Å². The molecule has 2 aromatic rings. The maximum Gasteiger partial charge on any atom is 0.127 e. The quantitative estimate of drug-likeness (QED) is 0.912. The Labute approximate surface area is 132 Å². The highest BCUT2D eigenvalue weighted by atomic mass is 16.5. The molecule has 0 saturated carbocycles. The standard InChI is InChI=1S/C19H22NO2/c21-18-9-7-16(8-10-18)17-5-4-6-19(15-17)22-14-13-20-11-2-1-3-12-20/h4-10,21H,1-3,11-14H2. The Kier molecular flexibility index (Phi) is 4.96. The van der Waals surface area contributed by atoms with Crippen LogP contribution in [0, 0.1) is 6.07 Å². The lowest BCUT2D eigenvalue weighted by atomic mass is 10.1. The minimum atomic E-state index is 0.276. The Hall–Kier alpha value is -2.00. The summed E-state index contributed by atoms with van der Waals surface area (Å²) in [5.74, 6) is 1.06. The lowest BCUT2D eigenvalue weighted by molar-refractivity contribution is 0.183. The average Bonchev–Trinajstić information content (AvgIpc) is 2.57. The molecule has 1 saturated heterocycles. The van der Waals surface area contributed by atoms with Gasteiger partial charge in [0.1, 0.15) is 18.1 Å². The molecule has 22 heavy (non-hydrogen) atoms. The van der Waals surface area contributed by atoms with E-state index in [2.05, 4.69) is 11.0 Å². The van der Waals surface area contributed by atoms with Gasteiger partial charge in [-0.25, -0.2) is 0 Å². The number of hydrogen-bond acceptors (Lipinski definition) is 3. The van der Waals surface area contributed by atoms with Crippen molar-refractivity contribution in [3.8, 4) is 22.6 Å². The fraction of sp³-hybridized carbons (Fsp3) is 0.368. The molecule has 0 atom stereocenters. The minimum absolute atomic E-state index is 0.276. The molecule has 0 amide bonds. The minimum Gasteiger partial charge on any atom is -0.508 e. The van der Waals surface area contributed by atoms with Crippen molar-refractivity contribution in [1.82, 2.24) is 4.90 Å². The van der Waals surface area contributed by atoms with Gasteiger partial charge in [-0.1, -0.05) is 30.7 Å². The number of rotatable bonds is 5. The van der Waals surface area contributed by atoms with E-state index in [4.69, 9.17) is 4.74 Å². The monoisotopic (exact) mass is 296 g/mol. The van der Waals surface area contributed by atoms with Crippen LogP contribution in [0.1, 0.15) is 19.3 Å². The molecule has 0 bridgehead atoms.